The summed E-state index contributed by atoms with van der Waals surface area (Å²) in [6.45, 7) is 3.70. The summed E-state index contributed by atoms with van der Waals surface area (Å²) in [5, 5.41) is 3.38. The Kier molecular flexibility index (Phi) is 5.31. The SMILES string of the molecule is C=CCSc1ccccc1NC(=O)c1ccc(Cl)cc1N. The van der Waals surface area contributed by atoms with E-state index in [-0.39, 0.29) is 5.91 Å². The number of para-hydroxylation sites is 1. The fraction of sp³-hybridized carbons (Fsp3) is 0.0625. The molecule has 0 heterocycles. The summed E-state index contributed by atoms with van der Waals surface area (Å²) in [4.78, 5) is 13.3. The third-order valence-electron chi connectivity index (χ3n) is 2.75. The molecule has 0 spiro atoms. The Morgan fingerprint density at radius 2 is 2.10 bits per heavy atom. The molecule has 2 aromatic carbocycles. The van der Waals surface area contributed by atoms with E-state index in [0.29, 0.717) is 16.3 Å². The first-order valence-electron chi connectivity index (χ1n) is 6.31. The van der Waals surface area contributed by atoms with E-state index in [1.807, 2.05) is 30.3 Å². The lowest BCUT2D eigenvalue weighted by Crippen LogP contribution is -2.14. The van der Waals surface area contributed by atoms with Crippen LogP contribution < -0.4 is 11.1 Å². The first kappa shape index (κ1) is 15.5. The van der Waals surface area contributed by atoms with Gasteiger partial charge in [-0.15, -0.1) is 18.3 Å². The van der Waals surface area contributed by atoms with E-state index in [0.717, 1.165) is 16.3 Å². The van der Waals surface area contributed by atoms with Crippen LogP contribution in [0, 0.1) is 0 Å². The summed E-state index contributed by atoms with van der Waals surface area (Å²) in [6.07, 6.45) is 1.82. The number of nitrogens with one attached hydrogen (secondary N) is 1. The molecule has 21 heavy (non-hydrogen) atoms. The molecule has 0 aliphatic carbocycles. The molecule has 5 heteroatoms. The van der Waals surface area contributed by atoms with Crippen molar-refractivity contribution >= 4 is 40.6 Å². The number of nitrogens with two attached hydrogens (primary N) is 1. The van der Waals surface area contributed by atoms with Crippen LogP contribution in [-0.4, -0.2) is 11.7 Å². The van der Waals surface area contributed by atoms with Gasteiger partial charge in [0.25, 0.3) is 5.91 Å². The normalized spacial score (nSPS) is 10.1. The van der Waals surface area contributed by atoms with Gasteiger partial charge in [-0.05, 0) is 30.3 Å². The van der Waals surface area contributed by atoms with E-state index in [2.05, 4.69) is 11.9 Å². The first-order chi connectivity index (χ1) is 10.1. The number of carbonyl (C=O) groups excluding carboxylic acids is 1. The molecule has 0 saturated carbocycles. The lowest BCUT2D eigenvalue weighted by molar-refractivity contribution is 0.102. The van der Waals surface area contributed by atoms with Crippen molar-refractivity contribution in [3.63, 3.8) is 0 Å². The monoisotopic (exact) mass is 318 g/mol. The van der Waals surface area contributed by atoms with E-state index < -0.39 is 0 Å². The van der Waals surface area contributed by atoms with E-state index in [4.69, 9.17) is 17.3 Å². The second-order valence-corrected chi connectivity index (χ2v) is 5.78. The van der Waals surface area contributed by atoms with Gasteiger partial charge in [0.15, 0.2) is 0 Å². The van der Waals surface area contributed by atoms with Crippen molar-refractivity contribution in [1.29, 1.82) is 0 Å². The summed E-state index contributed by atoms with van der Waals surface area (Å²) in [7, 11) is 0. The van der Waals surface area contributed by atoms with E-state index >= 15 is 0 Å². The molecule has 2 aromatic rings. The third-order valence-corrected chi connectivity index (χ3v) is 4.05. The van der Waals surface area contributed by atoms with Crippen LogP contribution in [0.3, 0.4) is 0 Å². The van der Waals surface area contributed by atoms with Crippen LogP contribution in [0.1, 0.15) is 10.4 Å². The van der Waals surface area contributed by atoms with Crippen molar-refractivity contribution in [1.82, 2.24) is 0 Å². The zero-order valence-electron chi connectivity index (χ0n) is 11.3. The van der Waals surface area contributed by atoms with Gasteiger partial charge >= 0.3 is 0 Å². The van der Waals surface area contributed by atoms with E-state index in [1.54, 1.807) is 30.0 Å². The largest absolute Gasteiger partial charge is 0.398 e. The number of hydrogen-bond acceptors (Lipinski definition) is 3. The highest BCUT2D eigenvalue weighted by molar-refractivity contribution is 7.99. The second kappa shape index (κ2) is 7.20. The third kappa shape index (κ3) is 4.03. The highest BCUT2D eigenvalue weighted by Crippen LogP contribution is 2.28. The molecule has 108 valence electrons. The van der Waals surface area contributed by atoms with Gasteiger partial charge < -0.3 is 11.1 Å². The van der Waals surface area contributed by atoms with Crippen LogP contribution in [0.2, 0.25) is 5.02 Å². The number of amides is 1. The maximum atomic E-state index is 12.3. The highest BCUT2D eigenvalue weighted by atomic mass is 35.5. The van der Waals surface area contributed by atoms with Gasteiger partial charge in [-0.1, -0.05) is 29.8 Å². The summed E-state index contributed by atoms with van der Waals surface area (Å²) in [5.74, 6) is 0.520. The van der Waals surface area contributed by atoms with Crippen molar-refractivity contribution in [2.45, 2.75) is 4.90 Å². The van der Waals surface area contributed by atoms with E-state index in [9.17, 15) is 4.79 Å². The number of anilines is 2. The number of thioether (sulfide) groups is 1. The predicted octanol–water partition coefficient (Wildman–Crippen LogP) is 4.45. The molecular weight excluding hydrogens is 304 g/mol. The van der Waals surface area contributed by atoms with Crippen LogP contribution >= 0.6 is 23.4 Å². The first-order valence-corrected chi connectivity index (χ1v) is 7.67. The fourth-order valence-corrected chi connectivity index (χ4v) is 2.70. The molecule has 0 unspecified atom stereocenters. The number of hydrogen-bond donors (Lipinski definition) is 2. The number of carbonyl (C=O) groups is 1. The van der Waals surface area contributed by atoms with Gasteiger partial charge in [-0.2, -0.15) is 0 Å². The van der Waals surface area contributed by atoms with Crippen LogP contribution in [-0.2, 0) is 0 Å². The molecule has 0 fully saturated rings. The molecule has 0 bridgehead atoms. The number of benzene rings is 2. The van der Waals surface area contributed by atoms with Crippen molar-refractivity contribution in [2.24, 2.45) is 0 Å². The fourth-order valence-electron chi connectivity index (χ4n) is 1.77. The maximum absolute atomic E-state index is 12.3. The Morgan fingerprint density at radius 3 is 2.81 bits per heavy atom. The maximum Gasteiger partial charge on any atom is 0.257 e. The number of rotatable bonds is 5. The van der Waals surface area contributed by atoms with Crippen molar-refractivity contribution in [3.05, 3.63) is 65.7 Å². The van der Waals surface area contributed by atoms with Gasteiger partial charge in [-0.25, -0.2) is 0 Å². The molecule has 0 aliphatic heterocycles. The molecular formula is C16H15ClN2OS. The van der Waals surface area contributed by atoms with Gasteiger partial charge in [0.05, 0.1) is 11.3 Å². The minimum atomic E-state index is -0.254. The lowest BCUT2D eigenvalue weighted by atomic mass is 10.1. The second-order valence-electron chi connectivity index (χ2n) is 4.28. The van der Waals surface area contributed by atoms with Crippen LogP contribution in [0.4, 0.5) is 11.4 Å². The molecule has 0 atom stereocenters. The van der Waals surface area contributed by atoms with Gasteiger partial charge in [0, 0.05) is 21.4 Å². The smallest absolute Gasteiger partial charge is 0.257 e. The van der Waals surface area contributed by atoms with Gasteiger partial charge in [-0.3, -0.25) is 4.79 Å². The summed E-state index contributed by atoms with van der Waals surface area (Å²) < 4.78 is 0. The quantitative estimate of drug-likeness (QED) is 0.486. The molecule has 3 nitrogen and oxygen atoms in total. The van der Waals surface area contributed by atoms with Crippen LogP contribution in [0.5, 0.6) is 0 Å². The van der Waals surface area contributed by atoms with Crippen molar-refractivity contribution < 1.29 is 4.79 Å². The standard InChI is InChI=1S/C16H15ClN2OS/c1-2-9-21-15-6-4-3-5-14(15)19-16(20)12-8-7-11(17)10-13(12)18/h2-8,10H,1,9,18H2,(H,19,20). The summed E-state index contributed by atoms with van der Waals surface area (Å²) >= 11 is 7.45. The molecule has 0 aliphatic rings. The molecule has 0 radical (unpaired) electrons. The van der Waals surface area contributed by atoms with Gasteiger partial charge in [0.2, 0.25) is 0 Å². The van der Waals surface area contributed by atoms with Crippen LogP contribution in [0.25, 0.3) is 0 Å². The Balaban J connectivity index is 2.21. The van der Waals surface area contributed by atoms with E-state index in [1.165, 1.54) is 0 Å². The lowest BCUT2D eigenvalue weighted by Gasteiger charge is -2.11. The Hall–Kier alpha value is -1.91. The zero-order chi connectivity index (χ0) is 15.2. The average Bonchev–Trinajstić information content (AvgIpc) is 2.46. The zero-order valence-corrected chi connectivity index (χ0v) is 12.9. The molecule has 0 saturated heterocycles. The van der Waals surface area contributed by atoms with Crippen molar-refractivity contribution in [3.8, 4) is 0 Å². The summed E-state index contributed by atoms with van der Waals surface area (Å²) in [6, 6.07) is 12.4. The predicted molar refractivity (Wildman–Crippen MR) is 91.2 cm³/mol. The molecule has 1 amide bonds. The van der Waals surface area contributed by atoms with Gasteiger partial charge in [0.1, 0.15) is 0 Å². The molecule has 3 N–H and O–H groups in total. The van der Waals surface area contributed by atoms with Crippen LogP contribution in [0.15, 0.2) is 60.0 Å². The Bertz CT molecular complexity index is 673. The topological polar surface area (TPSA) is 55.1 Å². The highest BCUT2D eigenvalue weighted by Gasteiger charge is 2.12. The Morgan fingerprint density at radius 1 is 1.33 bits per heavy atom. The average molecular weight is 319 g/mol. The molecule has 0 aromatic heterocycles. The number of nitrogen functional groups attached to an aromatic ring is 1. The minimum absolute atomic E-state index is 0.254. The minimum Gasteiger partial charge on any atom is -0.398 e. The Labute approximate surface area is 133 Å². The number of halogens is 1. The van der Waals surface area contributed by atoms with Crippen molar-refractivity contribution in [2.75, 3.05) is 16.8 Å². The summed E-state index contributed by atoms with van der Waals surface area (Å²) in [5.41, 5.74) is 7.35. The molecule has 2 rings (SSSR count).